The molecule has 1 heterocycles. The van der Waals surface area contributed by atoms with E-state index in [0.29, 0.717) is 16.7 Å². The van der Waals surface area contributed by atoms with E-state index in [-0.39, 0.29) is 12.0 Å². The third-order valence-electron chi connectivity index (χ3n) is 3.34. The molecule has 0 fully saturated rings. The van der Waals surface area contributed by atoms with Crippen molar-refractivity contribution < 1.29 is 13.2 Å². The van der Waals surface area contributed by atoms with Crippen LogP contribution >= 0.6 is 0 Å². The second-order valence-corrected chi connectivity index (χ2v) is 4.79. The summed E-state index contributed by atoms with van der Waals surface area (Å²) < 4.78 is 31.8. The lowest BCUT2D eigenvalue weighted by Crippen LogP contribution is -2.14. The van der Waals surface area contributed by atoms with E-state index in [2.05, 4.69) is 4.98 Å². The molecule has 1 atom stereocenters. The van der Waals surface area contributed by atoms with E-state index in [1.165, 1.54) is 12.1 Å². The van der Waals surface area contributed by atoms with Crippen molar-refractivity contribution in [3.63, 3.8) is 0 Å². The Kier molecular flexibility index (Phi) is 3.31. The molecule has 3 aromatic rings. The summed E-state index contributed by atoms with van der Waals surface area (Å²) in [6.45, 7) is 0. The second kappa shape index (κ2) is 5.14. The summed E-state index contributed by atoms with van der Waals surface area (Å²) in [5, 5.41) is 0. The summed E-state index contributed by atoms with van der Waals surface area (Å²) in [4.78, 5) is 13.6. The molecule has 1 aromatic heterocycles. The molecule has 108 valence electrons. The molecule has 2 aromatic carbocycles. The number of benzene rings is 2. The summed E-state index contributed by atoms with van der Waals surface area (Å²) in [6.07, 6.45) is 0.143. The molecule has 0 aliphatic heterocycles. The van der Waals surface area contributed by atoms with Crippen LogP contribution in [0.15, 0.2) is 45.6 Å². The van der Waals surface area contributed by atoms with Crippen molar-refractivity contribution in [2.24, 2.45) is 5.73 Å². The van der Waals surface area contributed by atoms with Crippen LogP contribution in [0, 0.1) is 11.6 Å². The molecular formula is C15H12F2N2O2. The van der Waals surface area contributed by atoms with E-state index >= 15 is 0 Å². The molecule has 0 saturated heterocycles. The van der Waals surface area contributed by atoms with Crippen LogP contribution in [0.3, 0.4) is 0 Å². The van der Waals surface area contributed by atoms with Gasteiger partial charge in [0.2, 0.25) is 0 Å². The van der Waals surface area contributed by atoms with Crippen LogP contribution in [0.1, 0.15) is 17.2 Å². The first-order valence-corrected chi connectivity index (χ1v) is 6.36. The summed E-state index contributed by atoms with van der Waals surface area (Å²) in [5.41, 5.74) is 7.85. The summed E-state index contributed by atoms with van der Waals surface area (Å²) >= 11 is 0. The Hall–Kier alpha value is -2.47. The Morgan fingerprint density at radius 1 is 1.24 bits per heavy atom. The van der Waals surface area contributed by atoms with Crippen molar-refractivity contribution in [1.82, 2.24) is 4.98 Å². The fraction of sp³-hybridized carbons (Fsp3) is 0.133. The van der Waals surface area contributed by atoms with Gasteiger partial charge in [-0.25, -0.2) is 13.6 Å². The SMILES string of the molecule is NC(Cc1cccc(F)c1F)c1ccc2[nH]c(=O)oc2c1. The standard InChI is InChI=1S/C15H12F2N2O2/c16-10-3-1-2-9(14(10)17)6-11(18)8-4-5-12-13(7-8)21-15(20)19-12/h1-5,7,11H,6,18H2,(H,19,20). The zero-order valence-electron chi connectivity index (χ0n) is 10.9. The number of H-pyrrole nitrogens is 1. The minimum absolute atomic E-state index is 0.143. The highest BCUT2D eigenvalue weighted by Crippen LogP contribution is 2.22. The maximum atomic E-state index is 13.6. The van der Waals surface area contributed by atoms with Gasteiger partial charge in [0, 0.05) is 6.04 Å². The van der Waals surface area contributed by atoms with Crippen molar-refractivity contribution in [2.75, 3.05) is 0 Å². The van der Waals surface area contributed by atoms with Gasteiger partial charge >= 0.3 is 5.76 Å². The van der Waals surface area contributed by atoms with Gasteiger partial charge in [-0.15, -0.1) is 0 Å². The van der Waals surface area contributed by atoms with Gasteiger partial charge in [0.15, 0.2) is 17.2 Å². The Labute approximate surface area is 118 Å². The van der Waals surface area contributed by atoms with E-state index in [0.717, 1.165) is 6.07 Å². The first kappa shape index (κ1) is 13.5. The zero-order chi connectivity index (χ0) is 15.0. The van der Waals surface area contributed by atoms with Crippen LogP contribution < -0.4 is 11.5 Å². The third kappa shape index (κ3) is 2.57. The van der Waals surface area contributed by atoms with Crippen LogP contribution in [-0.2, 0) is 6.42 Å². The first-order valence-electron chi connectivity index (χ1n) is 6.36. The quantitative estimate of drug-likeness (QED) is 0.779. The number of rotatable bonds is 3. The van der Waals surface area contributed by atoms with Gasteiger partial charge < -0.3 is 10.2 Å². The van der Waals surface area contributed by atoms with E-state index in [1.54, 1.807) is 18.2 Å². The topological polar surface area (TPSA) is 72.0 Å². The van der Waals surface area contributed by atoms with E-state index in [4.69, 9.17) is 10.2 Å². The third-order valence-corrected chi connectivity index (χ3v) is 3.34. The maximum Gasteiger partial charge on any atom is 0.417 e. The lowest BCUT2D eigenvalue weighted by atomic mass is 9.99. The van der Waals surface area contributed by atoms with Crippen molar-refractivity contribution in [2.45, 2.75) is 12.5 Å². The van der Waals surface area contributed by atoms with Gasteiger partial charge in [-0.2, -0.15) is 0 Å². The Morgan fingerprint density at radius 2 is 2.05 bits per heavy atom. The van der Waals surface area contributed by atoms with Crippen LogP contribution in [0.5, 0.6) is 0 Å². The summed E-state index contributed by atoms with van der Waals surface area (Å²) in [6, 6.07) is 8.46. The molecule has 0 amide bonds. The minimum Gasteiger partial charge on any atom is -0.408 e. The molecule has 3 N–H and O–H groups in total. The Bertz CT molecular complexity index is 854. The Balaban J connectivity index is 1.91. The minimum atomic E-state index is -0.896. The monoisotopic (exact) mass is 290 g/mol. The average molecular weight is 290 g/mol. The number of hydrogen-bond donors (Lipinski definition) is 2. The van der Waals surface area contributed by atoms with Gasteiger partial charge in [0.1, 0.15) is 0 Å². The summed E-state index contributed by atoms with van der Waals surface area (Å²) in [7, 11) is 0. The lowest BCUT2D eigenvalue weighted by Gasteiger charge is -2.12. The van der Waals surface area contributed by atoms with E-state index < -0.39 is 23.4 Å². The molecular weight excluding hydrogens is 278 g/mol. The van der Waals surface area contributed by atoms with E-state index in [9.17, 15) is 13.6 Å². The number of nitrogens with one attached hydrogen (secondary N) is 1. The molecule has 4 nitrogen and oxygen atoms in total. The molecule has 0 bridgehead atoms. The molecule has 0 aliphatic carbocycles. The van der Waals surface area contributed by atoms with Crippen molar-refractivity contribution >= 4 is 11.1 Å². The smallest absolute Gasteiger partial charge is 0.408 e. The van der Waals surface area contributed by atoms with Crippen molar-refractivity contribution in [1.29, 1.82) is 0 Å². The first-order chi connectivity index (χ1) is 10.0. The number of nitrogens with two attached hydrogens (primary N) is 1. The molecule has 0 spiro atoms. The number of halogens is 2. The largest absolute Gasteiger partial charge is 0.417 e. The number of aromatic nitrogens is 1. The number of aromatic amines is 1. The van der Waals surface area contributed by atoms with Crippen molar-refractivity contribution in [3.05, 3.63) is 69.7 Å². The second-order valence-electron chi connectivity index (χ2n) is 4.79. The molecule has 21 heavy (non-hydrogen) atoms. The van der Waals surface area contributed by atoms with Crippen LogP contribution in [0.25, 0.3) is 11.1 Å². The fourth-order valence-corrected chi connectivity index (χ4v) is 2.25. The zero-order valence-corrected chi connectivity index (χ0v) is 10.9. The molecule has 0 radical (unpaired) electrons. The fourth-order valence-electron chi connectivity index (χ4n) is 2.25. The molecule has 6 heteroatoms. The maximum absolute atomic E-state index is 13.6. The van der Waals surface area contributed by atoms with Crippen LogP contribution in [0.4, 0.5) is 8.78 Å². The van der Waals surface area contributed by atoms with Gasteiger partial charge in [0.25, 0.3) is 0 Å². The molecule has 0 saturated carbocycles. The highest BCUT2D eigenvalue weighted by molar-refractivity contribution is 5.72. The normalized spacial score (nSPS) is 12.7. The predicted molar refractivity (Wildman–Crippen MR) is 73.8 cm³/mol. The highest BCUT2D eigenvalue weighted by atomic mass is 19.2. The van der Waals surface area contributed by atoms with Gasteiger partial charge in [-0.1, -0.05) is 18.2 Å². The molecule has 1 unspecified atom stereocenters. The average Bonchev–Trinajstić information content (AvgIpc) is 2.82. The number of hydrogen-bond acceptors (Lipinski definition) is 3. The van der Waals surface area contributed by atoms with Crippen molar-refractivity contribution in [3.8, 4) is 0 Å². The Morgan fingerprint density at radius 3 is 2.86 bits per heavy atom. The number of oxazole rings is 1. The van der Waals surface area contributed by atoms with E-state index in [1.807, 2.05) is 0 Å². The van der Waals surface area contributed by atoms with Gasteiger partial charge in [-0.3, -0.25) is 4.98 Å². The number of fused-ring (bicyclic) bond motifs is 1. The van der Waals surface area contributed by atoms with Crippen LogP contribution in [-0.4, -0.2) is 4.98 Å². The van der Waals surface area contributed by atoms with Gasteiger partial charge in [0.05, 0.1) is 5.52 Å². The summed E-state index contributed by atoms with van der Waals surface area (Å²) in [5.74, 6) is -2.33. The van der Waals surface area contributed by atoms with Gasteiger partial charge in [-0.05, 0) is 35.7 Å². The lowest BCUT2D eigenvalue weighted by molar-refractivity contribution is 0.494. The molecule has 3 rings (SSSR count). The highest BCUT2D eigenvalue weighted by Gasteiger charge is 2.14. The van der Waals surface area contributed by atoms with Crippen LogP contribution in [0.2, 0.25) is 0 Å². The predicted octanol–water partition coefficient (Wildman–Crippen LogP) is 2.64. The molecule has 0 aliphatic rings.